The average molecular weight is 727 g/mol. The molecule has 1 aromatic heterocycles. The molecule has 4 N–H and O–H groups in total. The third-order valence-electron chi connectivity index (χ3n) is 7.94. The topological polar surface area (TPSA) is 241 Å². The number of methoxy groups -OCH3 is 1. The van der Waals surface area contributed by atoms with E-state index < -0.39 is 79.2 Å². The monoisotopic (exact) mass is 726 g/mol. The highest BCUT2D eigenvalue weighted by Crippen LogP contribution is 2.45. The minimum Gasteiger partial charge on any atom is -0.495 e. The normalized spacial score (nSPS) is 12.9. The van der Waals surface area contributed by atoms with Gasteiger partial charge in [0.1, 0.15) is 15.5 Å². The second kappa shape index (κ2) is 11.4. The summed E-state index contributed by atoms with van der Waals surface area (Å²) in [6.07, 6.45) is 0. The van der Waals surface area contributed by atoms with Gasteiger partial charge in [0.05, 0.1) is 40.0 Å². The number of hydrogen-bond donors (Lipinski definition) is 4. The van der Waals surface area contributed by atoms with Gasteiger partial charge in [0.2, 0.25) is 0 Å². The maximum atomic E-state index is 14.2. The van der Waals surface area contributed by atoms with Crippen molar-refractivity contribution in [2.24, 2.45) is 7.05 Å². The molecule has 0 unspecified atom stereocenters. The molecule has 1 aliphatic carbocycles. The summed E-state index contributed by atoms with van der Waals surface area (Å²) < 4.78 is 108. The van der Waals surface area contributed by atoms with E-state index in [-0.39, 0.29) is 44.4 Å². The summed E-state index contributed by atoms with van der Waals surface area (Å²) in [5.41, 5.74) is -1.86. The van der Waals surface area contributed by atoms with Gasteiger partial charge in [0.15, 0.2) is 11.6 Å². The molecule has 1 aliphatic rings. The van der Waals surface area contributed by atoms with Gasteiger partial charge in [-0.3, -0.25) is 28.0 Å². The fourth-order valence-corrected chi connectivity index (χ4v) is 7.71. The number of anilines is 2. The predicted molar refractivity (Wildman–Crippen MR) is 174 cm³/mol. The van der Waals surface area contributed by atoms with Gasteiger partial charge in [-0.1, -0.05) is 36.4 Å². The lowest BCUT2D eigenvalue weighted by Gasteiger charge is -2.26. The molecule has 0 amide bonds. The van der Waals surface area contributed by atoms with Crippen LogP contribution < -0.4 is 15.6 Å². The molecule has 6 rings (SSSR count). The number of carbonyl (C=O) groups is 2. The van der Waals surface area contributed by atoms with Gasteiger partial charge in [-0.25, -0.2) is 0 Å². The van der Waals surface area contributed by atoms with E-state index >= 15 is 0 Å². The number of ether oxygens (including phenoxy) is 1. The molecule has 5 aromatic rings. The standard InChI is InChI=1S/C31H22N2O13S3/c1-33-21-11-10-19(32-20-13-22(46-2)24(49(43,44)45)14-23(20)48(40,41)42)26-27(21)25(17-8-3-4-9-18(17)30(26)35)28(31(33)36)29(34)15-6-5-7-16(12-15)47(37,38)39/h3-14,32H,1-2H3,(H,37,38,39)(H,40,41,42)(H,43,44,45). The minimum absolute atomic E-state index is 0.00325. The second-order valence-corrected chi connectivity index (χ2v) is 15.0. The van der Waals surface area contributed by atoms with E-state index in [1.54, 1.807) is 6.07 Å². The van der Waals surface area contributed by atoms with E-state index in [2.05, 4.69) is 5.32 Å². The van der Waals surface area contributed by atoms with Crippen molar-refractivity contribution in [3.05, 3.63) is 105 Å². The first-order chi connectivity index (χ1) is 22.8. The first-order valence-electron chi connectivity index (χ1n) is 13.7. The predicted octanol–water partition coefficient (Wildman–Crippen LogP) is 3.47. The van der Waals surface area contributed by atoms with Crippen LogP contribution in [-0.2, 0) is 37.4 Å². The molecule has 49 heavy (non-hydrogen) atoms. The van der Waals surface area contributed by atoms with Crippen molar-refractivity contribution in [1.82, 2.24) is 4.57 Å². The average Bonchev–Trinajstić information content (AvgIpc) is 3.03. The lowest BCUT2D eigenvalue weighted by Crippen LogP contribution is -2.29. The zero-order valence-electron chi connectivity index (χ0n) is 25.0. The molecule has 0 fully saturated rings. The quantitative estimate of drug-likeness (QED) is 0.130. The summed E-state index contributed by atoms with van der Waals surface area (Å²) in [6.45, 7) is 0. The maximum absolute atomic E-state index is 14.2. The Bertz CT molecular complexity index is 2720. The summed E-state index contributed by atoms with van der Waals surface area (Å²) >= 11 is 0. The van der Waals surface area contributed by atoms with Crippen molar-refractivity contribution >= 4 is 64.2 Å². The van der Waals surface area contributed by atoms with Gasteiger partial charge >= 0.3 is 0 Å². The van der Waals surface area contributed by atoms with Gasteiger partial charge in [-0.15, -0.1) is 0 Å². The number of nitrogens with one attached hydrogen (secondary N) is 1. The van der Waals surface area contributed by atoms with Crippen LogP contribution in [0.25, 0.3) is 22.0 Å². The highest BCUT2D eigenvalue weighted by molar-refractivity contribution is 7.87. The molecule has 252 valence electrons. The van der Waals surface area contributed by atoms with Crippen LogP contribution in [0.2, 0.25) is 0 Å². The smallest absolute Gasteiger partial charge is 0.298 e. The van der Waals surface area contributed by atoms with E-state index in [1.807, 2.05) is 0 Å². The van der Waals surface area contributed by atoms with Gasteiger partial charge in [-0.2, -0.15) is 25.3 Å². The van der Waals surface area contributed by atoms with Crippen LogP contribution in [0.4, 0.5) is 11.4 Å². The van der Waals surface area contributed by atoms with Crippen molar-refractivity contribution in [2.45, 2.75) is 14.7 Å². The molecular weight excluding hydrogens is 705 g/mol. The third kappa shape index (κ3) is 5.59. The Morgan fingerprint density at radius 1 is 0.735 bits per heavy atom. The van der Waals surface area contributed by atoms with E-state index in [4.69, 9.17) is 4.74 Å². The van der Waals surface area contributed by atoms with Gasteiger partial charge in [-0.05, 0) is 35.9 Å². The molecule has 0 aliphatic heterocycles. The van der Waals surface area contributed by atoms with E-state index in [9.17, 15) is 53.3 Å². The van der Waals surface area contributed by atoms with E-state index in [0.717, 1.165) is 29.9 Å². The lowest BCUT2D eigenvalue weighted by atomic mass is 9.80. The summed E-state index contributed by atoms with van der Waals surface area (Å²) in [5.74, 6) is -2.08. The first-order valence-corrected chi connectivity index (χ1v) is 18.1. The molecule has 18 heteroatoms. The van der Waals surface area contributed by atoms with Crippen LogP contribution in [0.15, 0.2) is 92.3 Å². The molecule has 4 aromatic carbocycles. The summed E-state index contributed by atoms with van der Waals surface area (Å²) in [6, 6.07) is 14.5. The number of nitrogens with zero attached hydrogens (tertiary/aromatic N) is 1. The number of rotatable bonds is 8. The fourth-order valence-electron chi connectivity index (χ4n) is 5.79. The molecular formula is C31H22N2O13S3. The van der Waals surface area contributed by atoms with Crippen LogP contribution in [0, 0.1) is 0 Å². The number of carbonyl (C=O) groups excluding carboxylic acids is 2. The Balaban J connectivity index is 1.70. The zero-order valence-corrected chi connectivity index (χ0v) is 27.5. The molecule has 0 spiro atoms. The number of hydrogen-bond acceptors (Lipinski definition) is 11. The van der Waals surface area contributed by atoms with Crippen molar-refractivity contribution < 1.29 is 53.2 Å². The van der Waals surface area contributed by atoms with Gasteiger partial charge < -0.3 is 14.6 Å². The zero-order chi connectivity index (χ0) is 35.8. The summed E-state index contributed by atoms with van der Waals surface area (Å²) in [7, 11) is -12.6. The molecule has 0 atom stereocenters. The Hall–Kier alpha value is -5.24. The van der Waals surface area contributed by atoms with Crippen LogP contribution in [-0.4, -0.2) is 62.2 Å². The maximum Gasteiger partial charge on any atom is 0.298 e. The van der Waals surface area contributed by atoms with Crippen LogP contribution in [0.3, 0.4) is 0 Å². The molecule has 1 heterocycles. The fraction of sp³-hybridized carbons (Fsp3) is 0.0645. The van der Waals surface area contributed by atoms with Crippen molar-refractivity contribution in [2.75, 3.05) is 12.4 Å². The van der Waals surface area contributed by atoms with Crippen LogP contribution >= 0.6 is 0 Å². The molecule has 0 saturated carbocycles. The lowest BCUT2D eigenvalue weighted by molar-refractivity contribution is 0.102. The molecule has 0 radical (unpaired) electrons. The Kier molecular flexibility index (Phi) is 7.85. The van der Waals surface area contributed by atoms with Crippen molar-refractivity contribution in [1.29, 1.82) is 0 Å². The first kappa shape index (κ1) is 33.7. The number of pyridine rings is 1. The number of aryl methyl sites for hydroxylation is 1. The van der Waals surface area contributed by atoms with E-state index in [0.29, 0.717) is 6.07 Å². The minimum atomic E-state index is -5.18. The SMILES string of the molecule is COc1cc(Nc2ccc3c4c2C(=O)c2ccccc2-c4c(C(=O)c2cccc(S(=O)(=O)O)c2)c(=O)n3C)c(S(=O)(=O)O)cc1S(=O)(=O)O. The highest BCUT2D eigenvalue weighted by atomic mass is 32.2. The van der Waals surface area contributed by atoms with Gasteiger partial charge in [0.25, 0.3) is 35.9 Å². The number of ketones is 2. The third-order valence-corrected chi connectivity index (χ3v) is 10.6. The molecule has 0 saturated heterocycles. The number of fused-ring (bicyclic) bond motifs is 2. The molecule has 15 nitrogen and oxygen atoms in total. The number of aromatic nitrogens is 1. The largest absolute Gasteiger partial charge is 0.495 e. The summed E-state index contributed by atoms with van der Waals surface area (Å²) in [4.78, 5) is 39.6. The highest BCUT2D eigenvalue weighted by Gasteiger charge is 2.35. The molecule has 0 bridgehead atoms. The second-order valence-electron chi connectivity index (χ2n) is 10.8. The Morgan fingerprint density at radius 3 is 2.00 bits per heavy atom. The Morgan fingerprint density at radius 2 is 1.39 bits per heavy atom. The van der Waals surface area contributed by atoms with Crippen LogP contribution in [0.1, 0.15) is 31.8 Å². The number of benzene rings is 4. The van der Waals surface area contributed by atoms with Crippen molar-refractivity contribution in [3.63, 3.8) is 0 Å². The van der Waals surface area contributed by atoms with E-state index in [1.165, 1.54) is 49.5 Å². The van der Waals surface area contributed by atoms with Gasteiger partial charge in [0, 0.05) is 35.2 Å². The van der Waals surface area contributed by atoms with Crippen LogP contribution in [0.5, 0.6) is 5.75 Å². The Labute approximate surface area is 277 Å². The summed E-state index contributed by atoms with van der Waals surface area (Å²) in [5, 5.41) is 2.79. The van der Waals surface area contributed by atoms with Crippen molar-refractivity contribution in [3.8, 4) is 16.9 Å².